The van der Waals surface area contributed by atoms with Crippen molar-refractivity contribution in [3.8, 4) is 5.75 Å². The number of rotatable bonds is 0. The zero-order chi connectivity index (χ0) is 14.4. The van der Waals surface area contributed by atoms with Gasteiger partial charge in [0.2, 0.25) is 0 Å². The molecule has 101 valence electrons. The zero-order valence-corrected chi connectivity index (χ0v) is 12.8. The van der Waals surface area contributed by atoms with Gasteiger partial charge in [-0.2, -0.15) is 0 Å². The lowest BCUT2D eigenvalue weighted by atomic mass is 9.83. The van der Waals surface area contributed by atoms with Gasteiger partial charge in [0.15, 0.2) is 0 Å². The molecular formula is C18H23O. The molecule has 0 aliphatic rings. The third-order valence-corrected chi connectivity index (χ3v) is 3.57. The van der Waals surface area contributed by atoms with Gasteiger partial charge in [-0.15, -0.1) is 0 Å². The van der Waals surface area contributed by atoms with E-state index in [1.807, 2.05) is 12.1 Å². The number of hydrogen-bond donors (Lipinski definition) is 1. The summed E-state index contributed by atoms with van der Waals surface area (Å²) in [4.78, 5) is 0. The van der Waals surface area contributed by atoms with Gasteiger partial charge in [0.1, 0.15) is 5.75 Å². The smallest absolute Gasteiger partial charge is 0.123 e. The Kier molecular flexibility index (Phi) is 3.12. The average Bonchev–Trinajstić information content (AvgIpc) is 2.26. The van der Waals surface area contributed by atoms with E-state index in [-0.39, 0.29) is 10.8 Å². The van der Waals surface area contributed by atoms with Gasteiger partial charge in [-0.25, -0.2) is 0 Å². The molecule has 1 radical (unpaired) electrons. The molecule has 0 aliphatic heterocycles. The van der Waals surface area contributed by atoms with Crippen molar-refractivity contribution in [2.24, 2.45) is 0 Å². The van der Waals surface area contributed by atoms with Crippen molar-refractivity contribution >= 4 is 10.8 Å². The molecule has 19 heavy (non-hydrogen) atoms. The van der Waals surface area contributed by atoms with Crippen molar-refractivity contribution in [3.63, 3.8) is 0 Å². The first-order valence-electron chi connectivity index (χ1n) is 6.78. The van der Waals surface area contributed by atoms with E-state index < -0.39 is 0 Å². The van der Waals surface area contributed by atoms with Crippen molar-refractivity contribution in [3.05, 3.63) is 41.5 Å². The summed E-state index contributed by atoms with van der Waals surface area (Å²) in [6.07, 6.45) is 0. The minimum Gasteiger partial charge on any atom is -0.507 e. The van der Waals surface area contributed by atoms with Crippen LogP contribution < -0.4 is 0 Å². The van der Waals surface area contributed by atoms with E-state index in [1.54, 1.807) is 0 Å². The predicted octanol–water partition coefficient (Wildman–Crippen LogP) is 4.94. The number of phenolic OH excluding ortho intramolecular Hbond substituents is 1. The summed E-state index contributed by atoms with van der Waals surface area (Å²) in [5, 5.41) is 12.2. The first-order valence-corrected chi connectivity index (χ1v) is 6.78. The molecule has 0 saturated carbocycles. The van der Waals surface area contributed by atoms with Gasteiger partial charge in [-0.1, -0.05) is 41.5 Å². The largest absolute Gasteiger partial charge is 0.507 e. The first kappa shape index (κ1) is 13.9. The van der Waals surface area contributed by atoms with Crippen molar-refractivity contribution in [1.82, 2.24) is 0 Å². The third kappa shape index (κ3) is 2.75. The van der Waals surface area contributed by atoms with Crippen molar-refractivity contribution < 1.29 is 5.11 Å². The van der Waals surface area contributed by atoms with E-state index in [0.29, 0.717) is 5.75 Å². The van der Waals surface area contributed by atoms with Crippen LogP contribution in [0.25, 0.3) is 10.8 Å². The lowest BCUT2D eigenvalue weighted by Gasteiger charge is -2.22. The van der Waals surface area contributed by atoms with Crippen molar-refractivity contribution in [2.75, 3.05) is 0 Å². The van der Waals surface area contributed by atoms with Crippen molar-refractivity contribution in [2.45, 2.75) is 52.4 Å². The molecule has 2 aromatic rings. The van der Waals surface area contributed by atoms with Gasteiger partial charge < -0.3 is 5.11 Å². The molecular weight excluding hydrogens is 232 g/mol. The second-order valence-corrected chi connectivity index (χ2v) is 7.34. The molecule has 1 N–H and O–H groups in total. The van der Waals surface area contributed by atoms with Gasteiger partial charge in [0.25, 0.3) is 0 Å². The topological polar surface area (TPSA) is 20.2 Å². The molecule has 0 saturated heterocycles. The van der Waals surface area contributed by atoms with Gasteiger partial charge in [-0.05, 0) is 57.7 Å². The van der Waals surface area contributed by atoms with Crippen LogP contribution >= 0.6 is 0 Å². The number of benzene rings is 2. The summed E-state index contributed by atoms with van der Waals surface area (Å²) in [6.45, 7) is 13.0. The van der Waals surface area contributed by atoms with E-state index in [0.717, 1.165) is 16.3 Å². The Morgan fingerprint density at radius 2 is 1.42 bits per heavy atom. The van der Waals surface area contributed by atoms with E-state index in [2.05, 4.69) is 59.7 Å². The average molecular weight is 255 g/mol. The van der Waals surface area contributed by atoms with Crippen LogP contribution in [0, 0.1) is 6.07 Å². The highest BCUT2D eigenvalue weighted by Crippen LogP contribution is 2.34. The highest BCUT2D eigenvalue weighted by molar-refractivity contribution is 5.89. The molecule has 0 aromatic heterocycles. The number of fused-ring (bicyclic) bond motifs is 1. The monoisotopic (exact) mass is 255 g/mol. The Balaban J connectivity index is 2.67. The number of phenols is 1. The molecule has 0 fully saturated rings. The maximum absolute atomic E-state index is 10.3. The maximum Gasteiger partial charge on any atom is 0.123 e. The standard InChI is InChI=1S/C18H23O/c1-17(2,3)13-8-7-12-9-14(18(4,5)6)11-16(19)15(12)10-13/h8-11,19H,1-6H3. The minimum atomic E-state index is 0.0300. The SMILES string of the molecule is CC(C)(C)c1cc(O)c2cc(C(C)(C)C)c[c]c2c1. The molecule has 0 spiro atoms. The van der Waals surface area contributed by atoms with E-state index in [4.69, 9.17) is 0 Å². The van der Waals surface area contributed by atoms with Crippen LogP contribution in [-0.4, -0.2) is 5.11 Å². The fourth-order valence-electron chi connectivity index (χ4n) is 2.13. The van der Waals surface area contributed by atoms with Crippen LogP contribution in [0.1, 0.15) is 52.7 Å². The molecule has 0 bridgehead atoms. The molecule has 1 nitrogen and oxygen atoms in total. The molecule has 2 rings (SSSR count). The minimum absolute atomic E-state index is 0.0300. The van der Waals surface area contributed by atoms with Crippen LogP contribution in [0.3, 0.4) is 0 Å². The van der Waals surface area contributed by atoms with E-state index in [9.17, 15) is 5.11 Å². The lowest BCUT2D eigenvalue weighted by Crippen LogP contribution is -2.12. The Morgan fingerprint density at radius 3 is 1.95 bits per heavy atom. The normalized spacial score (nSPS) is 12.9. The molecule has 0 amide bonds. The Bertz CT molecular complexity index is 610. The Hall–Kier alpha value is -1.50. The van der Waals surface area contributed by atoms with Gasteiger partial charge in [-0.3, -0.25) is 0 Å². The Labute approximate surface area is 116 Å². The fraction of sp³-hybridized carbons (Fsp3) is 0.444. The highest BCUT2D eigenvalue weighted by atomic mass is 16.3. The Morgan fingerprint density at radius 1 is 0.842 bits per heavy atom. The summed E-state index contributed by atoms with van der Waals surface area (Å²) in [6, 6.07) is 11.4. The summed E-state index contributed by atoms with van der Waals surface area (Å²) >= 11 is 0. The quantitative estimate of drug-likeness (QED) is 0.707. The van der Waals surface area contributed by atoms with Crippen LogP contribution in [-0.2, 0) is 10.8 Å². The fourth-order valence-corrected chi connectivity index (χ4v) is 2.13. The molecule has 2 aromatic carbocycles. The van der Waals surface area contributed by atoms with Gasteiger partial charge >= 0.3 is 0 Å². The summed E-state index contributed by atoms with van der Waals surface area (Å²) < 4.78 is 0. The molecule has 0 aliphatic carbocycles. The second-order valence-electron chi connectivity index (χ2n) is 7.34. The van der Waals surface area contributed by atoms with E-state index in [1.165, 1.54) is 5.56 Å². The highest BCUT2D eigenvalue weighted by Gasteiger charge is 2.18. The molecule has 1 heteroatoms. The predicted molar refractivity (Wildman–Crippen MR) is 81.8 cm³/mol. The number of hydrogen-bond acceptors (Lipinski definition) is 1. The van der Waals surface area contributed by atoms with Crippen LogP contribution in [0.15, 0.2) is 24.3 Å². The maximum atomic E-state index is 10.3. The summed E-state index contributed by atoms with van der Waals surface area (Å²) in [7, 11) is 0. The van der Waals surface area contributed by atoms with Crippen molar-refractivity contribution in [1.29, 1.82) is 0 Å². The van der Waals surface area contributed by atoms with Crippen LogP contribution in [0.2, 0.25) is 0 Å². The third-order valence-electron chi connectivity index (χ3n) is 3.57. The summed E-state index contributed by atoms with van der Waals surface area (Å²) in [5.41, 5.74) is 2.43. The molecule has 0 heterocycles. The van der Waals surface area contributed by atoms with Gasteiger partial charge in [0.05, 0.1) is 0 Å². The van der Waals surface area contributed by atoms with E-state index >= 15 is 0 Å². The molecule has 0 unspecified atom stereocenters. The second kappa shape index (κ2) is 4.26. The molecule has 0 atom stereocenters. The van der Waals surface area contributed by atoms with Crippen LogP contribution in [0.4, 0.5) is 0 Å². The number of aromatic hydroxyl groups is 1. The summed E-state index contributed by atoms with van der Waals surface area (Å²) in [5.74, 6) is 0.352. The lowest BCUT2D eigenvalue weighted by molar-refractivity contribution is 0.477. The first-order chi connectivity index (χ1) is 8.59. The van der Waals surface area contributed by atoms with Gasteiger partial charge in [0, 0.05) is 5.39 Å². The zero-order valence-electron chi connectivity index (χ0n) is 12.8. The van der Waals surface area contributed by atoms with Crippen LogP contribution in [0.5, 0.6) is 5.75 Å².